The second-order valence-corrected chi connectivity index (χ2v) is 5.62. The fourth-order valence-electron chi connectivity index (χ4n) is 2.99. The van der Waals surface area contributed by atoms with E-state index >= 15 is 0 Å². The Morgan fingerprint density at radius 3 is 2.41 bits per heavy atom. The number of nitrogens with one attached hydrogen (secondary N) is 2. The summed E-state index contributed by atoms with van der Waals surface area (Å²) >= 11 is 0. The lowest BCUT2D eigenvalue weighted by Crippen LogP contribution is -2.12. The van der Waals surface area contributed by atoms with Gasteiger partial charge < -0.3 is 10.6 Å². The molecule has 2 nitrogen and oxygen atoms in total. The van der Waals surface area contributed by atoms with Gasteiger partial charge in [0.1, 0.15) is 5.83 Å². The van der Waals surface area contributed by atoms with Gasteiger partial charge in [0.25, 0.3) is 0 Å². The molecule has 22 heavy (non-hydrogen) atoms. The van der Waals surface area contributed by atoms with Crippen molar-refractivity contribution in [2.24, 2.45) is 0 Å². The third kappa shape index (κ3) is 2.62. The van der Waals surface area contributed by atoms with Crippen molar-refractivity contribution in [1.29, 1.82) is 0 Å². The van der Waals surface area contributed by atoms with Crippen molar-refractivity contribution < 1.29 is 4.39 Å². The molecule has 0 spiro atoms. The van der Waals surface area contributed by atoms with Crippen molar-refractivity contribution >= 4 is 0 Å². The molecule has 0 amide bonds. The molecule has 0 saturated carbocycles. The van der Waals surface area contributed by atoms with Gasteiger partial charge in [-0.3, -0.25) is 0 Å². The maximum absolute atomic E-state index is 13.6. The van der Waals surface area contributed by atoms with E-state index in [9.17, 15) is 4.39 Å². The van der Waals surface area contributed by atoms with Crippen LogP contribution in [0.4, 0.5) is 4.39 Å². The van der Waals surface area contributed by atoms with E-state index < -0.39 is 0 Å². The van der Waals surface area contributed by atoms with Crippen LogP contribution < -0.4 is 10.6 Å². The zero-order valence-corrected chi connectivity index (χ0v) is 12.4. The van der Waals surface area contributed by atoms with Crippen molar-refractivity contribution in [1.82, 2.24) is 10.6 Å². The van der Waals surface area contributed by atoms with Gasteiger partial charge in [0, 0.05) is 11.6 Å². The second kappa shape index (κ2) is 5.68. The van der Waals surface area contributed by atoms with Crippen LogP contribution in [0.5, 0.6) is 0 Å². The maximum Gasteiger partial charge on any atom is 0.119 e. The van der Waals surface area contributed by atoms with Gasteiger partial charge in [-0.25, -0.2) is 4.39 Å². The van der Waals surface area contributed by atoms with Crippen LogP contribution in [0.2, 0.25) is 0 Å². The number of benzene rings is 1. The van der Waals surface area contributed by atoms with Gasteiger partial charge in [-0.05, 0) is 23.1 Å². The van der Waals surface area contributed by atoms with E-state index in [2.05, 4.69) is 48.6 Å². The van der Waals surface area contributed by atoms with Gasteiger partial charge in [0.05, 0.1) is 11.9 Å². The lowest BCUT2D eigenvalue weighted by atomic mass is 9.84. The molecule has 1 aromatic rings. The predicted molar refractivity (Wildman–Crippen MR) is 88.6 cm³/mol. The molecule has 1 saturated heterocycles. The smallest absolute Gasteiger partial charge is 0.119 e. The minimum absolute atomic E-state index is 0.0268. The fraction of sp³-hybridized carbons (Fsp3) is 0.158. The molecule has 0 radical (unpaired) electrons. The quantitative estimate of drug-likeness (QED) is 0.865. The Labute approximate surface area is 130 Å². The van der Waals surface area contributed by atoms with E-state index in [0.29, 0.717) is 5.57 Å². The van der Waals surface area contributed by atoms with E-state index in [1.807, 2.05) is 18.2 Å². The molecule has 2 atom stereocenters. The first kappa shape index (κ1) is 14.4. The molecule has 2 unspecified atom stereocenters. The number of hydrogen-bond donors (Lipinski definition) is 2. The van der Waals surface area contributed by atoms with Gasteiger partial charge in [-0.15, -0.1) is 0 Å². The van der Waals surface area contributed by atoms with Crippen molar-refractivity contribution in [2.45, 2.75) is 18.4 Å². The van der Waals surface area contributed by atoms with Crippen molar-refractivity contribution in [3.05, 3.63) is 96.3 Å². The first-order valence-electron chi connectivity index (χ1n) is 7.29. The molecule has 1 aromatic carbocycles. The monoisotopic (exact) mass is 294 g/mol. The SMILES string of the molecule is C=C1NC(=C)C(c2ccc(C3CC=CC=C3C(=C)F)cc2)N1. The van der Waals surface area contributed by atoms with Crippen LogP contribution in [0.1, 0.15) is 29.5 Å². The normalized spacial score (nSPS) is 23.8. The third-order valence-corrected chi connectivity index (χ3v) is 4.12. The average molecular weight is 294 g/mol. The highest BCUT2D eigenvalue weighted by atomic mass is 19.1. The number of halogens is 1. The molecule has 2 aliphatic rings. The van der Waals surface area contributed by atoms with Crippen molar-refractivity contribution in [2.75, 3.05) is 0 Å². The Morgan fingerprint density at radius 2 is 1.82 bits per heavy atom. The lowest BCUT2D eigenvalue weighted by Gasteiger charge is -2.21. The molecular weight excluding hydrogens is 275 g/mol. The van der Waals surface area contributed by atoms with Crippen LogP contribution in [-0.2, 0) is 0 Å². The Bertz CT molecular complexity index is 695. The lowest BCUT2D eigenvalue weighted by molar-refractivity contribution is 0.622. The van der Waals surface area contributed by atoms with Crippen LogP contribution in [0.3, 0.4) is 0 Å². The average Bonchev–Trinajstić information content (AvgIpc) is 2.86. The number of allylic oxidation sites excluding steroid dienone is 5. The minimum atomic E-state index is -0.357. The van der Waals surface area contributed by atoms with E-state index in [1.54, 1.807) is 6.08 Å². The van der Waals surface area contributed by atoms with Gasteiger partial charge in [0.15, 0.2) is 0 Å². The fourth-order valence-corrected chi connectivity index (χ4v) is 2.99. The number of rotatable bonds is 3. The predicted octanol–water partition coefficient (Wildman–Crippen LogP) is 4.36. The van der Waals surface area contributed by atoms with E-state index in [-0.39, 0.29) is 17.8 Å². The standard InChI is InChI=1S/C19H19FN2/c1-12(20)17-6-4-5-7-18(17)15-8-10-16(11-9-15)19-13(2)21-14(3)22-19/h4-6,8-11,18-19,21-22H,1-3,7H2. The Morgan fingerprint density at radius 1 is 1.14 bits per heavy atom. The molecule has 1 aliphatic carbocycles. The zero-order chi connectivity index (χ0) is 15.7. The van der Waals surface area contributed by atoms with Crippen LogP contribution in [-0.4, -0.2) is 0 Å². The van der Waals surface area contributed by atoms with Crippen molar-refractivity contribution in [3.8, 4) is 0 Å². The zero-order valence-electron chi connectivity index (χ0n) is 12.4. The molecule has 1 fully saturated rings. The summed E-state index contributed by atoms with van der Waals surface area (Å²) in [6.07, 6.45) is 6.54. The van der Waals surface area contributed by atoms with Crippen LogP contribution >= 0.6 is 0 Å². The minimum Gasteiger partial charge on any atom is -0.360 e. The van der Waals surface area contributed by atoms with E-state index in [4.69, 9.17) is 0 Å². The van der Waals surface area contributed by atoms with Crippen LogP contribution in [0.15, 0.2) is 85.1 Å². The van der Waals surface area contributed by atoms with Gasteiger partial charge in [-0.1, -0.05) is 62.2 Å². The molecule has 112 valence electrons. The molecule has 0 bridgehead atoms. The van der Waals surface area contributed by atoms with E-state index in [0.717, 1.165) is 29.1 Å². The molecule has 0 aromatic heterocycles. The summed E-state index contributed by atoms with van der Waals surface area (Å²) in [6.45, 7) is 11.3. The Balaban J connectivity index is 1.84. The largest absolute Gasteiger partial charge is 0.360 e. The maximum atomic E-state index is 13.6. The van der Waals surface area contributed by atoms with Crippen molar-refractivity contribution in [3.63, 3.8) is 0 Å². The summed E-state index contributed by atoms with van der Waals surface area (Å²) in [5.41, 5.74) is 3.74. The first-order valence-corrected chi connectivity index (χ1v) is 7.29. The van der Waals surface area contributed by atoms with Crippen LogP contribution in [0, 0.1) is 0 Å². The highest BCUT2D eigenvalue weighted by molar-refractivity contribution is 5.44. The summed E-state index contributed by atoms with van der Waals surface area (Å²) in [5.74, 6) is 0.435. The van der Waals surface area contributed by atoms with Gasteiger partial charge in [0.2, 0.25) is 0 Å². The third-order valence-electron chi connectivity index (χ3n) is 4.12. The van der Waals surface area contributed by atoms with Gasteiger partial charge >= 0.3 is 0 Å². The second-order valence-electron chi connectivity index (χ2n) is 5.62. The molecule has 3 heteroatoms. The summed E-state index contributed by atoms with van der Waals surface area (Å²) in [6, 6.07) is 8.22. The van der Waals surface area contributed by atoms with E-state index in [1.165, 1.54) is 0 Å². The Kier molecular flexibility index (Phi) is 3.72. The first-order chi connectivity index (χ1) is 10.6. The molecule has 2 N–H and O–H groups in total. The topological polar surface area (TPSA) is 24.1 Å². The summed E-state index contributed by atoms with van der Waals surface area (Å²) in [7, 11) is 0. The molecule has 1 heterocycles. The summed E-state index contributed by atoms with van der Waals surface area (Å²) < 4.78 is 13.6. The molecular formula is C19H19FN2. The van der Waals surface area contributed by atoms with Crippen LogP contribution in [0.25, 0.3) is 0 Å². The Hall–Kier alpha value is -2.55. The summed E-state index contributed by atoms with van der Waals surface area (Å²) in [4.78, 5) is 0. The highest BCUT2D eigenvalue weighted by Crippen LogP contribution is 2.36. The number of hydrogen-bond acceptors (Lipinski definition) is 2. The molecule has 3 rings (SSSR count). The molecule has 1 aliphatic heterocycles. The summed E-state index contributed by atoms with van der Waals surface area (Å²) in [5, 5.41) is 6.33. The highest BCUT2D eigenvalue weighted by Gasteiger charge is 2.24. The van der Waals surface area contributed by atoms with Gasteiger partial charge in [-0.2, -0.15) is 0 Å².